The average Bonchev–Trinajstić information content (AvgIpc) is 3.27. The Bertz CT molecular complexity index is 1430. The number of aryl methyl sites for hydroxylation is 2. The maximum Gasteiger partial charge on any atom is 0.280 e. The third-order valence-electron chi connectivity index (χ3n) is 4.75. The molecule has 0 fully saturated rings. The zero-order chi connectivity index (χ0) is 21.0. The summed E-state index contributed by atoms with van der Waals surface area (Å²) in [5, 5.41) is 5.83. The van der Waals surface area contributed by atoms with Gasteiger partial charge in [0.15, 0.2) is 11.5 Å². The van der Waals surface area contributed by atoms with E-state index in [-0.39, 0.29) is 12.3 Å². The zero-order valence-electron chi connectivity index (χ0n) is 15.9. The number of pyridine rings is 1. The third-order valence-corrected chi connectivity index (χ3v) is 6.05. The van der Waals surface area contributed by atoms with Crippen LogP contribution in [0.5, 0.6) is 5.75 Å². The van der Waals surface area contributed by atoms with Crippen molar-refractivity contribution >= 4 is 49.0 Å². The quantitative estimate of drug-likeness (QED) is 0.356. The second kappa shape index (κ2) is 7.10. The fourth-order valence-corrected chi connectivity index (χ4v) is 4.78. The molecule has 5 aromatic rings. The van der Waals surface area contributed by atoms with Gasteiger partial charge in [-0.1, -0.05) is 11.6 Å². The molecule has 5 rings (SSSR count). The van der Waals surface area contributed by atoms with Gasteiger partial charge in [-0.2, -0.15) is 0 Å². The smallest absolute Gasteiger partial charge is 0.280 e. The van der Waals surface area contributed by atoms with Crippen LogP contribution in [0.3, 0.4) is 0 Å². The second-order valence-corrected chi connectivity index (χ2v) is 8.30. The molecule has 0 aliphatic carbocycles. The van der Waals surface area contributed by atoms with Gasteiger partial charge in [0.2, 0.25) is 0 Å². The highest BCUT2D eigenvalue weighted by molar-refractivity contribution is 7.26. The largest absolute Gasteiger partial charge is 0.485 e. The topological polar surface area (TPSA) is 65.2 Å². The number of benzene rings is 1. The highest BCUT2D eigenvalue weighted by Crippen LogP contribution is 2.36. The van der Waals surface area contributed by atoms with E-state index < -0.39 is 6.43 Å². The molecule has 0 radical (unpaired) electrons. The van der Waals surface area contributed by atoms with Gasteiger partial charge in [0, 0.05) is 10.4 Å². The van der Waals surface area contributed by atoms with Gasteiger partial charge in [-0.05, 0) is 49.2 Å². The summed E-state index contributed by atoms with van der Waals surface area (Å²) in [5.74, 6) is 1.18. The van der Waals surface area contributed by atoms with E-state index in [1.807, 2.05) is 13.0 Å². The predicted octanol–water partition coefficient (Wildman–Crippen LogP) is 5.67. The molecule has 0 aliphatic rings. The van der Waals surface area contributed by atoms with Gasteiger partial charge < -0.3 is 4.74 Å². The van der Waals surface area contributed by atoms with Crippen LogP contribution in [0.25, 0.3) is 26.1 Å². The molecule has 0 spiro atoms. The third kappa shape index (κ3) is 3.14. The number of hydrogen-bond donors (Lipinski definition) is 0. The lowest BCUT2D eigenvalue weighted by Gasteiger charge is -2.06. The van der Waals surface area contributed by atoms with Gasteiger partial charge in [0.05, 0.1) is 5.52 Å². The van der Waals surface area contributed by atoms with Crippen LogP contribution in [0.15, 0.2) is 30.6 Å². The Balaban J connectivity index is 1.56. The van der Waals surface area contributed by atoms with Crippen molar-refractivity contribution in [2.24, 2.45) is 0 Å². The summed E-state index contributed by atoms with van der Waals surface area (Å²) in [6.07, 6.45) is -1.06. The summed E-state index contributed by atoms with van der Waals surface area (Å²) in [6, 6.07) is 6.78. The van der Waals surface area contributed by atoms with E-state index in [0.717, 1.165) is 15.6 Å². The minimum absolute atomic E-state index is 0.170. The van der Waals surface area contributed by atoms with E-state index in [4.69, 9.17) is 16.3 Å². The Kier molecular flexibility index (Phi) is 4.52. The minimum Gasteiger partial charge on any atom is -0.485 e. The van der Waals surface area contributed by atoms with Crippen LogP contribution in [-0.4, -0.2) is 24.6 Å². The van der Waals surface area contributed by atoms with Gasteiger partial charge >= 0.3 is 0 Å². The summed E-state index contributed by atoms with van der Waals surface area (Å²) >= 11 is 7.26. The summed E-state index contributed by atoms with van der Waals surface area (Å²) in [5.41, 5.74) is 2.65. The van der Waals surface area contributed by atoms with Crippen LogP contribution in [-0.2, 0) is 6.61 Å². The van der Waals surface area contributed by atoms with E-state index in [1.165, 1.54) is 17.4 Å². The number of thiophene rings is 1. The molecule has 4 heterocycles. The highest BCUT2D eigenvalue weighted by Gasteiger charge is 2.19. The van der Waals surface area contributed by atoms with Gasteiger partial charge in [0.25, 0.3) is 6.43 Å². The molecular weight excluding hydrogens is 432 g/mol. The molecule has 10 heteroatoms. The lowest BCUT2D eigenvalue weighted by molar-refractivity contribution is 0.146. The molecule has 0 bridgehead atoms. The standard InChI is InChI=1S/C20H14ClF2N5OS/c1-9-5-11(21)3-4-13(9)29-7-14-26-19-17-16(24-8-28(19)27-14)15-10(2)6-12(18(22)23)25-20(15)30-17/h3-6,8,18H,7H2,1-2H3. The fraction of sp³-hybridized carbons (Fsp3) is 0.200. The van der Waals surface area contributed by atoms with Gasteiger partial charge in [-0.25, -0.2) is 28.2 Å². The number of rotatable bonds is 4. The number of hydrogen-bond acceptors (Lipinski definition) is 6. The lowest BCUT2D eigenvalue weighted by Crippen LogP contribution is -1.99. The number of ether oxygens (including phenoxy) is 1. The molecule has 0 aliphatic heterocycles. The van der Waals surface area contributed by atoms with Crippen molar-refractivity contribution in [2.45, 2.75) is 26.9 Å². The van der Waals surface area contributed by atoms with Crippen LogP contribution >= 0.6 is 22.9 Å². The summed E-state index contributed by atoms with van der Waals surface area (Å²) in [7, 11) is 0. The van der Waals surface area contributed by atoms with Crippen molar-refractivity contribution in [2.75, 3.05) is 0 Å². The predicted molar refractivity (Wildman–Crippen MR) is 112 cm³/mol. The molecule has 0 saturated heterocycles. The Morgan fingerprint density at radius 2 is 2.00 bits per heavy atom. The molecule has 152 valence electrons. The molecule has 1 aromatic carbocycles. The van der Waals surface area contributed by atoms with Crippen LogP contribution in [0.4, 0.5) is 8.78 Å². The summed E-state index contributed by atoms with van der Waals surface area (Å²) in [6.45, 7) is 3.86. The molecule has 0 amide bonds. The molecule has 4 aromatic heterocycles. The van der Waals surface area contributed by atoms with Crippen molar-refractivity contribution in [3.8, 4) is 5.75 Å². The van der Waals surface area contributed by atoms with Crippen LogP contribution in [0, 0.1) is 13.8 Å². The van der Waals surface area contributed by atoms with Gasteiger partial charge in [-0.3, -0.25) is 0 Å². The number of fused-ring (bicyclic) bond motifs is 5. The molecule has 0 atom stereocenters. The maximum atomic E-state index is 13.1. The number of alkyl halides is 2. The summed E-state index contributed by atoms with van der Waals surface area (Å²) < 4.78 is 34.4. The Hall–Kier alpha value is -2.91. The van der Waals surface area contributed by atoms with E-state index in [9.17, 15) is 8.78 Å². The molecule has 30 heavy (non-hydrogen) atoms. The zero-order valence-corrected chi connectivity index (χ0v) is 17.4. The summed E-state index contributed by atoms with van der Waals surface area (Å²) in [4.78, 5) is 13.7. The van der Waals surface area contributed by atoms with E-state index in [1.54, 1.807) is 29.9 Å². The number of aromatic nitrogens is 5. The van der Waals surface area contributed by atoms with Crippen LogP contribution < -0.4 is 4.74 Å². The first-order valence-electron chi connectivity index (χ1n) is 9.02. The first kappa shape index (κ1) is 19.1. The second-order valence-electron chi connectivity index (χ2n) is 6.86. The molecular formula is C20H14ClF2N5OS. The number of halogens is 3. The van der Waals surface area contributed by atoms with Gasteiger partial charge in [0.1, 0.15) is 33.9 Å². The van der Waals surface area contributed by atoms with E-state index in [2.05, 4.69) is 20.1 Å². The monoisotopic (exact) mass is 445 g/mol. The van der Waals surface area contributed by atoms with E-state index in [0.29, 0.717) is 38.2 Å². The molecule has 6 nitrogen and oxygen atoms in total. The Morgan fingerprint density at radius 1 is 1.17 bits per heavy atom. The van der Waals surface area contributed by atoms with Crippen molar-refractivity contribution in [1.29, 1.82) is 0 Å². The average molecular weight is 446 g/mol. The van der Waals surface area contributed by atoms with E-state index >= 15 is 0 Å². The number of nitrogens with zero attached hydrogens (tertiary/aromatic N) is 5. The van der Waals surface area contributed by atoms with Gasteiger partial charge in [-0.15, -0.1) is 16.4 Å². The SMILES string of the molecule is Cc1cc(Cl)ccc1OCc1nc2c3sc4nc(C(F)F)cc(C)c4c3ncn2n1. The molecule has 0 N–H and O–H groups in total. The van der Waals surface area contributed by atoms with Crippen molar-refractivity contribution in [3.63, 3.8) is 0 Å². The molecule has 0 unspecified atom stereocenters. The van der Waals surface area contributed by atoms with Crippen LogP contribution in [0.2, 0.25) is 5.02 Å². The first-order chi connectivity index (χ1) is 14.4. The van der Waals surface area contributed by atoms with Crippen LogP contribution in [0.1, 0.15) is 29.1 Å². The Morgan fingerprint density at radius 3 is 2.77 bits per heavy atom. The van der Waals surface area contributed by atoms with Crippen molar-refractivity contribution in [1.82, 2.24) is 24.6 Å². The van der Waals surface area contributed by atoms with Crippen molar-refractivity contribution < 1.29 is 13.5 Å². The Labute approximate surface area is 178 Å². The maximum absolute atomic E-state index is 13.1. The first-order valence-corrected chi connectivity index (χ1v) is 10.2. The lowest BCUT2D eigenvalue weighted by atomic mass is 10.1. The van der Waals surface area contributed by atoms with Crippen molar-refractivity contribution in [3.05, 3.63) is 58.3 Å². The molecule has 0 saturated carbocycles. The normalized spacial score (nSPS) is 11.9. The fourth-order valence-electron chi connectivity index (χ4n) is 3.37. The highest BCUT2D eigenvalue weighted by atomic mass is 35.5. The minimum atomic E-state index is -2.63.